The number of benzene rings is 2. The third-order valence-corrected chi connectivity index (χ3v) is 6.98. The van der Waals surface area contributed by atoms with Crippen LogP contribution in [0.3, 0.4) is 0 Å². The molecule has 0 radical (unpaired) electrons. The Balaban J connectivity index is 1.41. The lowest BCUT2D eigenvalue weighted by atomic mass is 10.2. The summed E-state index contributed by atoms with van der Waals surface area (Å²) in [5, 5.41) is 7.33. The van der Waals surface area contributed by atoms with E-state index in [2.05, 4.69) is 10.4 Å². The monoisotopic (exact) mass is 422 g/mol. The zero-order valence-electron chi connectivity index (χ0n) is 15.9. The Morgan fingerprint density at radius 1 is 1.07 bits per heavy atom. The van der Waals surface area contributed by atoms with Crippen LogP contribution in [0, 0.1) is 0 Å². The summed E-state index contributed by atoms with van der Waals surface area (Å²) in [4.78, 5) is 25.2. The van der Waals surface area contributed by atoms with Crippen molar-refractivity contribution in [3.63, 3.8) is 0 Å². The normalized spacial score (nSPS) is 17.1. The molecule has 8 nitrogen and oxygen atoms in total. The molecule has 3 aromatic rings. The van der Waals surface area contributed by atoms with Crippen LogP contribution in [0.5, 0.6) is 0 Å². The molecule has 0 saturated heterocycles. The minimum absolute atomic E-state index is 0.0758. The van der Waals surface area contributed by atoms with Crippen LogP contribution in [0.25, 0.3) is 5.69 Å². The number of rotatable bonds is 5. The minimum atomic E-state index is -4.04. The Morgan fingerprint density at radius 2 is 1.77 bits per heavy atom. The van der Waals surface area contributed by atoms with Crippen molar-refractivity contribution in [2.45, 2.75) is 23.7 Å². The number of hydrogen-bond donors (Lipinski definition) is 1. The van der Waals surface area contributed by atoms with E-state index in [1.165, 1.54) is 12.1 Å². The van der Waals surface area contributed by atoms with Crippen molar-refractivity contribution < 1.29 is 18.0 Å². The van der Waals surface area contributed by atoms with Crippen LogP contribution < -0.4 is 5.32 Å². The summed E-state index contributed by atoms with van der Waals surface area (Å²) in [6.45, 7) is -0.603. The van der Waals surface area contributed by atoms with Gasteiger partial charge in [-0.05, 0) is 37.1 Å². The molecule has 0 atom stereocenters. The number of aromatic nitrogens is 2. The van der Waals surface area contributed by atoms with Crippen molar-refractivity contribution >= 4 is 27.7 Å². The molecule has 2 aliphatic rings. The summed E-state index contributed by atoms with van der Waals surface area (Å²) in [5.74, 6) is -0.495. The highest BCUT2D eigenvalue weighted by atomic mass is 32.2. The van der Waals surface area contributed by atoms with E-state index in [1.807, 2.05) is 30.3 Å². The van der Waals surface area contributed by atoms with Crippen LogP contribution in [-0.4, -0.2) is 40.9 Å². The summed E-state index contributed by atoms with van der Waals surface area (Å²) in [5.41, 5.74) is 1.74. The van der Waals surface area contributed by atoms with E-state index < -0.39 is 28.4 Å². The van der Waals surface area contributed by atoms with E-state index in [4.69, 9.17) is 0 Å². The van der Waals surface area contributed by atoms with E-state index >= 15 is 0 Å². The maximum atomic E-state index is 12.7. The van der Waals surface area contributed by atoms with Gasteiger partial charge in [-0.2, -0.15) is 5.10 Å². The second-order valence-electron chi connectivity index (χ2n) is 7.34. The highest BCUT2D eigenvalue weighted by Crippen LogP contribution is 2.40. The number of sulfonamides is 1. The van der Waals surface area contributed by atoms with Gasteiger partial charge in [-0.15, -0.1) is 0 Å². The van der Waals surface area contributed by atoms with Crippen LogP contribution in [-0.2, 0) is 14.8 Å². The lowest BCUT2D eigenvalue weighted by Crippen LogP contribution is -2.37. The molecule has 152 valence electrons. The summed E-state index contributed by atoms with van der Waals surface area (Å²) < 4.78 is 27.6. The van der Waals surface area contributed by atoms with Crippen molar-refractivity contribution in [1.29, 1.82) is 0 Å². The first kappa shape index (κ1) is 18.6. The quantitative estimate of drug-likeness (QED) is 0.681. The molecule has 1 aliphatic carbocycles. The van der Waals surface area contributed by atoms with Crippen molar-refractivity contribution in [2.24, 2.45) is 0 Å². The highest BCUT2D eigenvalue weighted by molar-refractivity contribution is 7.90. The number of nitrogens with zero attached hydrogens (tertiary/aromatic N) is 3. The number of carbonyl (C=O) groups is 2. The molecule has 30 heavy (non-hydrogen) atoms. The van der Waals surface area contributed by atoms with Gasteiger partial charge in [-0.25, -0.2) is 17.4 Å². The molecule has 1 fully saturated rings. The number of amides is 2. The van der Waals surface area contributed by atoms with Crippen molar-refractivity contribution in [1.82, 2.24) is 14.1 Å². The fraction of sp³-hybridized carbons (Fsp3) is 0.190. The van der Waals surface area contributed by atoms with Crippen molar-refractivity contribution in [2.75, 3.05) is 11.9 Å². The van der Waals surface area contributed by atoms with Gasteiger partial charge in [0.05, 0.1) is 16.9 Å². The third-order valence-electron chi connectivity index (χ3n) is 5.19. The molecule has 5 rings (SSSR count). The van der Waals surface area contributed by atoms with E-state index in [0.717, 1.165) is 24.2 Å². The number of nitrogens with one attached hydrogen (secondary N) is 1. The average molecular weight is 422 g/mol. The SMILES string of the molecule is O=C(CN1C(=O)c2ccccc2S1(=O)=O)Nc1cc(C2CC2)nn1-c1ccccc1. The summed E-state index contributed by atoms with van der Waals surface area (Å²) in [6, 6.07) is 17.1. The number of para-hydroxylation sites is 1. The molecule has 1 N–H and O–H groups in total. The van der Waals surface area contributed by atoms with E-state index in [-0.39, 0.29) is 10.5 Å². The largest absolute Gasteiger partial charge is 0.309 e. The predicted octanol–water partition coefficient (Wildman–Crippen LogP) is 2.53. The van der Waals surface area contributed by atoms with Crippen LogP contribution >= 0.6 is 0 Å². The van der Waals surface area contributed by atoms with Crippen LogP contribution in [0.1, 0.15) is 34.8 Å². The lowest BCUT2D eigenvalue weighted by Gasteiger charge is -2.15. The molecule has 2 aromatic carbocycles. The number of carbonyl (C=O) groups excluding carboxylic acids is 2. The summed E-state index contributed by atoms with van der Waals surface area (Å²) >= 11 is 0. The number of hydrogen-bond acceptors (Lipinski definition) is 5. The molecule has 0 spiro atoms. The van der Waals surface area contributed by atoms with Gasteiger partial charge >= 0.3 is 0 Å². The fourth-order valence-corrected chi connectivity index (χ4v) is 5.06. The smallest absolute Gasteiger partial charge is 0.269 e. The van der Waals surface area contributed by atoms with Crippen molar-refractivity contribution in [3.05, 3.63) is 71.9 Å². The molecule has 1 saturated carbocycles. The number of anilines is 1. The highest BCUT2D eigenvalue weighted by Gasteiger charge is 2.42. The topological polar surface area (TPSA) is 101 Å². The van der Waals surface area contributed by atoms with Gasteiger partial charge in [-0.1, -0.05) is 30.3 Å². The van der Waals surface area contributed by atoms with E-state index in [0.29, 0.717) is 16.0 Å². The average Bonchev–Trinajstić information content (AvgIpc) is 3.49. The second kappa shape index (κ2) is 6.81. The molecule has 1 aliphatic heterocycles. The second-order valence-corrected chi connectivity index (χ2v) is 9.17. The molecule has 2 heterocycles. The first-order valence-electron chi connectivity index (χ1n) is 9.56. The molecule has 0 bridgehead atoms. The van der Waals surface area contributed by atoms with Gasteiger partial charge in [0, 0.05) is 12.0 Å². The molecular weight excluding hydrogens is 404 g/mol. The molecule has 0 unspecified atom stereocenters. The first-order chi connectivity index (χ1) is 14.4. The Bertz CT molecular complexity index is 1260. The third kappa shape index (κ3) is 3.07. The maximum absolute atomic E-state index is 12.7. The van der Waals surface area contributed by atoms with Crippen LogP contribution in [0.2, 0.25) is 0 Å². The summed E-state index contributed by atoms with van der Waals surface area (Å²) in [6.07, 6.45) is 2.11. The van der Waals surface area contributed by atoms with Gasteiger partial charge in [-0.3, -0.25) is 9.59 Å². The Kier molecular flexibility index (Phi) is 4.21. The molecule has 1 aromatic heterocycles. The zero-order valence-corrected chi connectivity index (χ0v) is 16.7. The van der Waals surface area contributed by atoms with Gasteiger partial charge < -0.3 is 5.32 Å². The van der Waals surface area contributed by atoms with Gasteiger partial charge in [0.1, 0.15) is 17.3 Å². The van der Waals surface area contributed by atoms with Crippen LogP contribution in [0.15, 0.2) is 65.6 Å². The van der Waals surface area contributed by atoms with E-state index in [9.17, 15) is 18.0 Å². The Hall–Kier alpha value is -3.46. The minimum Gasteiger partial charge on any atom is -0.309 e. The fourth-order valence-electron chi connectivity index (χ4n) is 3.53. The standard InChI is InChI=1S/C21H18N4O4S/c26-20(13-24-21(27)16-8-4-5-9-18(16)30(24,28)29)22-19-12-17(14-10-11-14)23-25(19)15-6-2-1-3-7-15/h1-9,12,14H,10-11,13H2,(H,22,26). The molecule has 2 amide bonds. The molecular formula is C21H18N4O4S. The summed E-state index contributed by atoms with van der Waals surface area (Å²) in [7, 11) is -4.04. The van der Waals surface area contributed by atoms with Gasteiger partial charge in [0.2, 0.25) is 5.91 Å². The van der Waals surface area contributed by atoms with Crippen molar-refractivity contribution in [3.8, 4) is 5.69 Å². The Morgan fingerprint density at radius 3 is 2.47 bits per heavy atom. The van der Waals surface area contributed by atoms with E-state index in [1.54, 1.807) is 22.9 Å². The van der Waals surface area contributed by atoms with Gasteiger partial charge in [0.25, 0.3) is 15.9 Å². The number of fused-ring (bicyclic) bond motifs is 1. The Labute approximate surface area is 173 Å². The first-order valence-corrected chi connectivity index (χ1v) is 11.0. The lowest BCUT2D eigenvalue weighted by molar-refractivity contribution is -0.116. The van der Waals surface area contributed by atoms with Gasteiger partial charge in [0.15, 0.2) is 0 Å². The maximum Gasteiger partial charge on any atom is 0.269 e. The van der Waals surface area contributed by atoms with Crippen LogP contribution in [0.4, 0.5) is 5.82 Å². The zero-order chi connectivity index (χ0) is 20.9. The predicted molar refractivity (Wildman–Crippen MR) is 109 cm³/mol. The molecule has 9 heteroatoms.